The number of aromatic nitrogens is 2. The second-order valence-electron chi connectivity index (χ2n) is 7.43. The summed E-state index contributed by atoms with van der Waals surface area (Å²) in [6.07, 6.45) is -0.129. The fourth-order valence-corrected chi connectivity index (χ4v) is 4.20. The minimum absolute atomic E-state index is 0.129. The van der Waals surface area contributed by atoms with Gasteiger partial charge < -0.3 is 20.4 Å². The summed E-state index contributed by atoms with van der Waals surface area (Å²) in [6, 6.07) is 14.9. The van der Waals surface area contributed by atoms with Crippen LogP contribution < -0.4 is 20.9 Å². The highest BCUT2D eigenvalue weighted by atomic mass is 32.2. The van der Waals surface area contributed by atoms with Crippen LogP contribution >= 0.6 is 11.8 Å². The molecule has 8 nitrogen and oxygen atoms in total. The number of anilines is 2. The van der Waals surface area contributed by atoms with Crippen LogP contribution in [0.25, 0.3) is 0 Å². The van der Waals surface area contributed by atoms with Crippen molar-refractivity contribution in [2.45, 2.75) is 30.2 Å². The molecule has 0 unspecified atom stereocenters. The average molecular weight is 451 g/mol. The van der Waals surface area contributed by atoms with Crippen molar-refractivity contribution < 1.29 is 14.3 Å². The van der Waals surface area contributed by atoms with E-state index in [0.29, 0.717) is 22.3 Å². The van der Waals surface area contributed by atoms with Crippen LogP contribution in [0.1, 0.15) is 29.0 Å². The summed E-state index contributed by atoms with van der Waals surface area (Å²) in [5.74, 6) is -0.350. The SMILES string of the molecule is COc1ccc(NC(=O)[C@H]2CC(=O)Nc3nc(SCc4ccc(C)cc4)[nH]c(=O)c32)cc1. The summed E-state index contributed by atoms with van der Waals surface area (Å²) < 4.78 is 5.11. The molecule has 2 heterocycles. The van der Waals surface area contributed by atoms with Gasteiger partial charge >= 0.3 is 0 Å². The predicted molar refractivity (Wildman–Crippen MR) is 123 cm³/mol. The van der Waals surface area contributed by atoms with Crippen molar-refractivity contribution in [3.05, 3.63) is 75.6 Å². The van der Waals surface area contributed by atoms with E-state index in [9.17, 15) is 14.4 Å². The highest BCUT2D eigenvalue weighted by molar-refractivity contribution is 7.98. The normalized spacial score (nSPS) is 14.9. The summed E-state index contributed by atoms with van der Waals surface area (Å²) in [5.41, 5.74) is 2.52. The fourth-order valence-electron chi connectivity index (χ4n) is 3.38. The van der Waals surface area contributed by atoms with E-state index >= 15 is 0 Å². The van der Waals surface area contributed by atoms with Gasteiger partial charge in [0.05, 0.1) is 18.6 Å². The molecule has 3 aromatic rings. The van der Waals surface area contributed by atoms with Crippen LogP contribution in [0.2, 0.25) is 0 Å². The van der Waals surface area contributed by atoms with Gasteiger partial charge in [0.15, 0.2) is 5.16 Å². The highest BCUT2D eigenvalue weighted by Gasteiger charge is 2.34. The lowest BCUT2D eigenvalue weighted by molar-refractivity contribution is -0.123. The Morgan fingerprint density at radius 1 is 1.16 bits per heavy atom. The number of fused-ring (bicyclic) bond motifs is 1. The molecule has 4 rings (SSSR count). The maximum absolute atomic E-state index is 12.9. The zero-order valence-electron chi connectivity index (χ0n) is 17.6. The van der Waals surface area contributed by atoms with Crippen molar-refractivity contribution in [2.75, 3.05) is 17.7 Å². The number of thioether (sulfide) groups is 1. The molecule has 164 valence electrons. The number of hydrogen-bond donors (Lipinski definition) is 3. The van der Waals surface area contributed by atoms with Crippen LogP contribution in [0.4, 0.5) is 11.5 Å². The van der Waals surface area contributed by atoms with Gasteiger partial charge in [-0.3, -0.25) is 14.4 Å². The van der Waals surface area contributed by atoms with Crippen molar-refractivity contribution in [1.82, 2.24) is 9.97 Å². The highest BCUT2D eigenvalue weighted by Crippen LogP contribution is 2.31. The molecule has 0 spiro atoms. The molecule has 32 heavy (non-hydrogen) atoms. The van der Waals surface area contributed by atoms with Crippen molar-refractivity contribution in [3.63, 3.8) is 0 Å². The first-order valence-corrected chi connectivity index (χ1v) is 11.0. The molecule has 0 saturated carbocycles. The average Bonchev–Trinajstić information content (AvgIpc) is 2.78. The molecule has 0 saturated heterocycles. The minimum atomic E-state index is -0.937. The third kappa shape index (κ3) is 4.83. The van der Waals surface area contributed by atoms with E-state index in [0.717, 1.165) is 5.56 Å². The molecule has 9 heteroatoms. The first-order chi connectivity index (χ1) is 15.4. The van der Waals surface area contributed by atoms with E-state index in [-0.39, 0.29) is 23.7 Å². The second-order valence-corrected chi connectivity index (χ2v) is 8.39. The number of aryl methyl sites for hydroxylation is 1. The molecule has 0 radical (unpaired) electrons. The molecule has 0 aliphatic carbocycles. The van der Waals surface area contributed by atoms with Crippen molar-refractivity contribution in [2.24, 2.45) is 0 Å². The number of carbonyl (C=O) groups is 2. The van der Waals surface area contributed by atoms with Gasteiger partial charge in [-0.2, -0.15) is 0 Å². The Hall–Kier alpha value is -3.59. The maximum atomic E-state index is 12.9. The largest absolute Gasteiger partial charge is 0.497 e. The number of carbonyl (C=O) groups excluding carboxylic acids is 2. The van der Waals surface area contributed by atoms with Crippen LogP contribution in [0.15, 0.2) is 58.5 Å². The van der Waals surface area contributed by atoms with Crippen molar-refractivity contribution in [1.29, 1.82) is 0 Å². The number of amides is 2. The van der Waals surface area contributed by atoms with Crippen molar-refractivity contribution >= 4 is 35.1 Å². The van der Waals surface area contributed by atoms with Gasteiger partial charge in [-0.05, 0) is 36.8 Å². The lowest BCUT2D eigenvalue weighted by atomic mass is 9.92. The number of nitrogens with zero attached hydrogens (tertiary/aromatic N) is 1. The minimum Gasteiger partial charge on any atom is -0.497 e. The molecule has 1 aromatic heterocycles. The Labute approximate surface area is 188 Å². The number of rotatable bonds is 6. The third-order valence-electron chi connectivity index (χ3n) is 5.10. The molecule has 2 amide bonds. The van der Waals surface area contributed by atoms with Crippen LogP contribution in [0, 0.1) is 6.92 Å². The number of ether oxygens (including phenoxy) is 1. The molecule has 1 atom stereocenters. The Morgan fingerprint density at radius 3 is 2.56 bits per heavy atom. The van der Waals surface area contributed by atoms with Gasteiger partial charge in [0.2, 0.25) is 11.8 Å². The predicted octanol–water partition coefficient (Wildman–Crippen LogP) is 3.44. The topological polar surface area (TPSA) is 113 Å². The zero-order chi connectivity index (χ0) is 22.7. The lowest BCUT2D eigenvalue weighted by Gasteiger charge is -2.23. The maximum Gasteiger partial charge on any atom is 0.257 e. The fraction of sp³-hybridized carbons (Fsp3) is 0.217. The second kappa shape index (κ2) is 9.27. The summed E-state index contributed by atoms with van der Waals surface area (Å²) in [7, 11) is 1.55. The number of methoxy groups -OCH3 is 1. The molecular weight excluding hydrogens is 428 g/mol. The van der Waals surface area contributed by atoms with Crippen LogP contribution in [0.5, 0.6) is 5.75 Å². The van der Waals surface area contributed by atoms with Gasteiger partial charge in [0.25, 0.3) is 5.56 Å². The van der Waals surface area contributed by atoms with Crippen LogP contribution in [-0.4, -0.2) is 28.9 Å². The standard InChI is InChI=1S/C23H22N4O4S/c1-13-3-5-14(6-4-13)12-32-23-26-20-19(22(30)27-23)17(11-18(28)25-20)21(29)24-15-7-9-16(31-2)10-8-15/h3-10,17H,11-12H2,1-2H3,(H,24,29)(H2,25,26,27,28,30)/t17-/m0/s1. The van der Waals surface area contributed by atoms with E-state index in [1.165, 1.54) is 17.3 Å². The van der Waals surface area contributed by atoms with E-state index in [1.807, 2.05) is 31.2 Å². The zero-order valence-corrected chi connectivity index (χ0v) is 18.4. The third-order valence-corrected chi connectivity index (χ3v) is 6.04. The number of aromatic amines is 1. The Morgan fingerprint density at radius 2 is 1.88 bits per heavy atom. The number of H-pyrrole nitrogens is 1. The summed E-state index contributed by atoms with van der Waals surface area (Å²) in [5, 5.41) is 5.77. The number of hydrogen-bond acceptors (Lipinski definition) is 6. The first kappa shape index (κ1) is 21.6. The van der Waals surface area contributed by atoms with Crippen LogP contribution in [-0.2, 0) is 15.3 Å². The molecule has 3 N–H and O–H groups in total. The molecule has 2 aromatic carbocycles. The van der Waals surface area contributed by atoms with Gasteiger partial charge in [-0.15, -0.1) is 0 Å². The molecule has 1 aliphatic heterocycles. The summed E-state index contributed by atoms with van der Waals surface area (Å²) in [4.78, 5) is 45.1. The molecule has 0 fully saturated rings. The van der Waals surface area contributed by atoms with Crippen molar-refractivity contribution in [3.8, 4) is 5.75 Å². The summed E-state index contributed by atoms with van der Waals surface area (Å²) in [6.45, 7) is 2.02. The monoisotopic (exact) mass is 450 g/mol. The van der Waals surface area contributed by atoms with Gasteiger partial charge in [-0.25, -0.2) is 4.98 Å². The van der Waals surface area contributed by atoms with E-state index < -0.39 is 17.4 Å². The lowest BCUT2D eigenvalue weighted by Crippen LogP contribution is -2.36. The Kier molecular flexibility index (Phi) is 6.27. The van der Waals surface area contributed by atoms with Gasteiger partial charge in [0, 0.05) is 17.9 Å². The Bertz CT molecular complexity index is 1210. The van der Waals surface area contributed by atoms with E-state index in [1.54, 1.807) is 31.4 Å². The number of nitrogens with one attached hydrogen (secondary N) is 3. The summed E-state index contributed by atoms with van der Waals surface area (Å²) >= 11 is 1.35. The van der Waals surface area contributed by atoms with Gasteiger partial charge in [-0.1, -0.05) is 41.6 Å². The smallest absolute Gasteiger partial charge is 0.257 e. The quantitative estimate of drug-likeness (QED) is 0.392. The van der Waals surface area contributed by atoms with Gasteiger partial charge in [0.1, 0.15) is 11.6 Å². The molecular formula is C23H22N4O4S. The van der Waals surface area contributed by atoms with Crippen LogP contribution in [0.3, 0.4) is 0 Å². The first-order valence-electron chi connectivity index (χ1n) is 10.0. The van der Waals surface area contributed by atoms with E-state index in [2.05, 4.69) is 20.6 Å². The number of benzene rings is 2. The van der Waals surface area contributed by atoms with E-state index in [4.69, 9.17) is 4.74 Å². The molecule has 0 bridgehead atoms. The Balaban J connectivity index is 1.54. The molecule has 1 aliphatic rings.